The van der Waals surface area contributed by atoms with Gasteiger partial charge in [0.05, 0.1) is 5.41 Å². The molecule has 2 atom stereocenters. The van der Waals surface area contributed by atoms with Crippen LogP contribution in [0.15, 0.2) is 267 Å². The van der Waals surface area contributed by atoms with Gasteiger partial charge in [0, 0.05) is 22.9 Å². The van der Waals surface area contributed by atoms with E-state index in [4.69, 9.17) is 0 Å². The molecule has 10 aromatic carbocycles. The van der Waals surface area contributed by atoms with Crippen molar-refractivity contribution in [3.05, 3.63) is 323 Å². The van der Waals surface area contributed by atoms with Gasteiger partial charge in [-0.1, -0.05) is 243 Å². The fraction of sp³-hybridized carbons (Fsp3) is 0.123. The molecule has 2 unspecified atom stereocenters. The Bertz CT molecular complexity index is 3620. The van der Waals surface area contributed by atoms with E-state index in [2.05, 4.69) is 286 Å². The van der Waals surface area contributed by atoms with E-state index >= 15 is 0 Å². The molecule has 0 saturated heterocycles. The molecule has 12 rings (SSSR count). The average Bonchev–Trinajstić information content (AvgIpc) is 3.79. The molecule has 0 aromatic heterocycles. The summed E-state index contributed by atoms with van der Waals surface area (Å²) < 4.78 is 0. The van der Waals surface area contributed by atoms with E-state index in [-0.39, 0.29) is 0 Å². The minimum Gasteiger partial charge on any atom is -0.355 e. The SMILES string of the molecule is Cc1cc(C2C=CC=CC2)ccc1CC(CCc1ccc2c(c1)C(c1ccccc1)(c1ccccc1)c1cccc(-c3cccc(-c4ccccc4Nc4ccccc4)c3)c1-2)c1ccc(-c2ccccc2)cc1C. The zero-order valence-electron chi connectivity index (χ0n) is 42.4. The summed E-state index contributed by atoms with van der Waals surface area (Å²) in [6.45, 7) is 4.64. The smallest absolute Gasteiger partial charge is 0.0713 e. The summed E-state index contributed by atoms with van der Waals surface area (Å²) in [6, 6.07) is 90.5. The van der Waals surface area contributed by atoms with Gasteiger partial charge in [-0.3, -0.25) is 0 Å². The molecule has 2 aliphatic rings. The Hall–Kier alpha value is -8.52. The van der Waals surface area contributed by atoms with Gasteiger partial charge in [0.1, 0.15) is 0 Å². The molecule has 0 radical (unpaired) electrons. The lowest BCUT2D eigenvalue weighted by molar-refractivity contribution is 0.615. The van der Waals surface area contributed by atoms with Crippen LogP contribution in [0.25, 0.3) is 44.5 Å². The van der Waals surface area contributed by atoms with Gasteiger partial charge in [-0.25, -0.2) is 0 Å². The van der Waals surface area contributed by atoms with E-state index < -0.39 is 5.41 Å². The van der Waals surface area contributed by atoms with Crippen molar-refractivity contribution in [3.8, 4) is 44.5 Å². The van der Waals surface area contributed by atoms with Crippen LogP contribution < -0.4 is 5.32 Å². The summed E-state index contributed by atoms with van der Waals surface area (Å²) in [6.07, 6.45) is 13.0. The number of hydrogen-bond acceptors (Lipinski definition) is 1. The molecular weight excluding hydrogens is 891 g/mol. The van der Waals surface area contributed by atoms with E-state index in [1.54, 1.807) is 0 Å². The largest absolute Gasteiger partial charge is 0.355 e. The van der Waals surface area contributed by atoms with Crippen LogP contribution in [0, 0.1) is 13.8 Å². The third-order valence-electron chi connectivity index (χ3n) is 15.9. The van der Waals surface area contributed by atoms with Crippen molar-refractivity contribution in [3.63, 3.8) is 0 Å². The summed E-state index contributed by atoms with van der Waals surface area (Å²) in [7, 11) is 0. The Labute approximate surface area is 438 Å². The first kappa shape index (κ1) is 46.5. The first-order valence-electron chi connectivity index (χ1n) is 26.5. The fourth-order valence-corrected chi connectivity index (χ4v) is 12.3. The first-order chi connectivity index (χ1) is 36.5. The second-order valence-electron chi connectivity index (χ2n) is 20.4. The van der Waals surface area contributed by atoms with Crippen molar-refractivity contribution < 1.29 is 0 Å². The van der Waals surface area contributed by atoms with E-state index in [1.165, 1.54) is 100 Å². The molecule has 0 saturated carbocycles. The molecule has 1 heteroatoms. The summed E-state index contributed by atoms with van der Waals surface area (Å²) >= 11 is 0. The van der Waals surface area contributed by atoms with Crippen molar-refractivity contribution in [1.29, 1.82) is 0 Å². The van der Waals surface area contributed by atoms with Crippen molar-refractivity contribution in [2.24, 2.45) is 0 Å². The summed E-state index contributed by atoms with van der Waals surface area (Å²) in [5.74, 6) is 0.764. The molecule has 0 fully saturated rings. The Morgan fingerprint density at radius 3 is 1.86 bits per heavy atom. The van der Waals surface area contributed by atoms with Crippen LogP contribution >= 0.6 is 0 Å². The molecular formula is C73H61N. The number of anilines is 2. The van der Waals surface area contributed by atoms with Crippen LogP contribution in [0.3, 0.4) is 0 Å². The Morgan fingerprint density at radius 1 is 0.486 bits per heavy atom. The molecule has 74 heavy (non-hydrogen) atoms. The number of benzene rings is 10. The normalized spacial score (nSPS) is 14.5. The van der Waals surface area contributed by atoms with Gasteiger partial charge in [0.2, 0.25) is 0 Å². The zero-order valence-corrected chi connectivity index (χ0v) is 42.4. The van der Waals surface area contributed by atoms with Gasteiger partial charge in [0.15, 0.2) is 0 Å². The maximum absolute atomic E-state index is 3.70. The number of allylic oxidation sites excluding steroid dienone is 4. The minimum atomic E-state index is -0.533. The lowest BCUT2D eigenvalue weighted by atomic mass is 9.67. The van der Waals surface area contributed by atoms with Crippen molar-refractivity contribution in [2.75, 3.05) is 5.32 Å². The second kappa shape index (κ2) is 20.5. The van der Waals surface area contributed by atoms with Crippen LogP contribution in [-0.4, -0.2) is 0 Å². The van der Waals surface area contributed by atoms with E-state index in [0.717, 1.165) is 37.1 Å². The zero-order chi connectivity index (χ0) is 49.8. The van der Waals surface area contributed by atoms with Crippen LogP contribution in [0.1, 0.15) is 80.3 Å². The van der Waals surface area contributed by atoms with Crippen molar-refractivity contribution >= 4 is 11.4 Å². The molecule has 0 spiro atoms. The first-order valence-corrected chi connectivity index (χ1v) is 26.5. The maximum Gasteiger partial charge on any atom is 0.0713 e. The van der Waals surface area contributed by atoms with Crippen LogP contribution in [0.2, 0.25) is 0 Å². The monoisotopic (exact) mass is 951 g/mol. The Morgan fingerprint density at radius 2 is 1.15 bits per heavy atom. The van der Waals surface area contributed by atoms with Gasteiger partial charge in [-0.2, -0.15) is 0 Å². The van der Waals surface area contributed by atoms with Gasteiger partial charge >= 0.3 is 0 Å². The number of aryl methyl sites for hydroxylation is 3. The van der Waals surface area contributed by atoms with Gasteiger partial charge in [-0.05, 0) is 164 Å². The summed E-state index contributed by atoms with van der Waals surface area (Å²) in [5, 5.41) is 3.70. The van der Waals surface area contributed by atoms with Crippen molar-refractivity contribution in [2.45, 2.75) is 56.8 Å². The molecule has 10 aromatic rings. The number of para-hydroxylation sites is 2. The number of hydrogen-bond donors (Lipinski definition) is 1. The highest BCUT2D eigenvalue weighted by Crippen LogP contribution is 2.58. The third kappa shape index (κ3) is 8.94. The molecule has 0 bridgehead atoms. The van der Waals surface area contributed by atoms with Crippen LogP contribution in [0.5, 0.6) is 0 Å². The molecule has 0 heterocycles. The predicted molar refractivity (Wildman–Crippen MR) is 313 cm³/mol. The Kier molecular flexibility index (Phi) is 12.9. The highest BCUT2D eigenvalue weighted by molar-refractivity contribution is 5.96. The quantitative estimate of drug-likeness (QED) is 0.115. The van der Waals surface area contributed by atoms with Gasteiger partial charge in [0.25, 0.3) is 0 Å². The maximum atomic E-state index is 3.70. The lowest BCUT2D eigenvalue weighted by Crippen LogP contribution is -2.28. The Balaban J connectivity index is 0.955. The van der Waals surface area contributed by atoms with Crippen LogP contribution in [0.4, 0.5) is 11.4 Å². The number of nitrogens with one attached hydrogen (secondary N) is 1. The van der Waals surface area contributed by atoms with Crippen LogP contribution in [-0.2, 0) is 18.3 Å². The number of rotatable bonds is 14. The molecule has 1 N–H and O–H groups in total. The van der Waals surface area contributed by atoms with Gasteiger partial charge < -0.3 is 5.32 Å². The fourth-order valence-electron chi connectivity index (χ4n) is 12.3. The molecule has 1 nitrogen and oxygen atoms in total. The topological polar surface area (TPSA) is 12.0 Å². The minimum absolute atomic E-state index is 0.326. The third-order valence-corrected chi connectivity index (χ3v) is 15.9. The molecule has 358 valence electrons. The highest BCUT2D eigenvalue weighted by Gasteiger charge is 2.47. The highest BCUT2D eigenvalue weighted by atomic mass is 14.9. The summed E-state index contributed by atoms with van der Waals surface area (Å²) in [4.78, 5) is 0. The van der Waals surface area contributed by atoms with E-state index in [1.807, 2.05) is 0 Å². The predicted octanol–water partition coefficient (Wildman–Crippen LogP) is 19.0. The number of fused-ring (bicyclic) bond motifs is 3. The lowest BCUT2D eigenvalue weighted by Gasteiger charge is -2.34. The van der Waals surface area contributed by atoms with Gasteiger partial charge in [-0.15, -0.1) is 0 Å². The van der Waals surface area contributed by atoms with E-state index in [9.17, 15) is 0 Å². The second-order valence-corrected chi connectivity index (χ2v) is 20.4. The molecule has 2 aliphatic carbocycles. The van der Waals surface area contributed by atoms with Crippen molar-refractivity contribution in [1.82, 2.24) is 0 Å². The molecule has 0 aliphatic heterocycles. The van der Waals surface area contributed by atoms with E-state index in [0.29, 0.717) is 11.8 Å². The molecule has 0 amide bonds. The standard InChI is InChI=1S/C73H61N/c1-51-46-57(54-22-8-3-9-23-54)42-41-56(51)49-61(65-45-43-58(47-52(65)2)55-24-10-4-11-25-55)40-38-53-39-44-68-70(48-53)73(62-28-12-5-13-29-62,63-30-14-6-15-31-63)69-36-21-35-67(72(68)69)60-27-20-26-59(50-60)66-34-18-19-37-71(66)74-64-32-16-7-17-33-64/h3-22,24-37,39,41-48,50,54,61,74H,23,38,40,49H2,1-2H3. The average molecular weight is 952 g/mol. The summed E-state index contributed by atoms with van der Waals surface area (Å²) in [5.41, 5.74) is 25.2.